The molecule has 4 nitrogen and oxygen atoms in total. The van der Waals surface area contributed by atoms with Gasteiger partial charge in [-0.15, -0.1) is 0 Å². The number of H-pyrrole nitrogens is 1. The number of rotatable bonds is 1. The van der Waals surface area contributed by atoms with E-state index < -0.39 is 0 Å². The van der Waals surface area contributed by atoms with Gasteiger partial charge in [0.25, 0.3) is 0 Å². The number of nitrogen functional groups attached to an aromatic ring is 1. The molecule has 5 rings (SSSR count). The molecule has 1 fully saturated rings. The zero-order chi connectivity index (χ0) is 12.3. The van der Waals surface area contributed by atoms with Crippen LogP contribution in [0.1, 0.15) is 24.3 Å². The topological polar surface area (TPSA) is 54.3 Å². The molecule has 3 aliphatic heterocycles. The molecule has 0 spiro atoms. The second kappa shape index (κ2) is 3.34. The Morgan fingerprint density at radius 3 is 2.83 bits per heavy atom. The van der Waals surface area contributed by atoms with Gasteiger partial charge >= 0.3 is 0 Å². The molecule has 0 saturated carbocycles. The second-order valence-corrected chi connectivity index (χ2v) is 5.29. The average Bonchev–Trinajstić information content (AvgIpc) is 2.79. The molecule has 18 heavy (non-hydrogen) atoms. The summed E-state index contributed by atoms with van der Waals surface area (Å²) in [6.45, 7) is 2.36. The highest BCUT2D eigenvalue weighted by atomic mass is 16.5. The van der Waals surface area contributed by atoms with Gasteiger partial charge in [-0.2, -0.15) is 0 Å². The van der Waals surface area contributed by atoms with Gasteiger partial charge < -0.3 is 20.4 Å². The molecule has 2 aromatic rings. The van der Waals surface area contributed by atoms with Gasteiger partial charge in [0.15, 0.2) is 0 Å². The van der Waals surface area contributed by atoms with Crippen molar-refractivity contribution < 1.29 is 4.74 Å². The van der Waals surface area contributed by atoms with Crippen molar-refractivity contribution in [1.29, 1.82) is 0 Å². The van der Waals surface area contributed by atoms with Crippen LogP contribution in [0.4, 0.5) is 11.5 Å². The fraction of sp³-hybridized carbons (Fsp3) is 0.429. The number of benzene rings is 1. The quantitative estimate of drug-likeness (QED) is 0.756. The Balaban J connectivity index is 2.03. The number of fused-ring (bicyclic) bond motifs is 3. The molecule has 3 N–H and O–H groups in total. The smallest absolute Gasteiger partial charge is 0.142 e. The lowest BCUT2D eigenvalue weighted by Crippen LogP contribution is -2.38. The molecule has 4 heterocycles. The summed E-state index contributed by atoms with van der Waals surface area (Å²) in [4.78, 5) is 5.99. The van der Waals surface area contributed by atoms with Crippen molar-refractivity contribution in [3.8, 4) is 5.75 Å². The number of ether oxygens (including phenoxy) is 1. The third kappa shape index (κ3) is 1.15. The summed E-state index contributed by atoms with van der Waals surface area (Å²) in [5.41, 5.74) is 9.29. The summed E-state index contributed by atoms with van der Waals surface area (Å²) in [7, 11) is 1.67. The van der Waals surface area contributed by atoms with E-state index in [1.807, 2.05) is 6.07 Å². The van der Waals surface area contributed by atoms with E-state index in [4.69, 9.17) is 10.5 Å². The number of anilines is 2. The van der Waals surface area contributed by atoms with Crippen LogP contribution < -0.4 is 15.4 Å². The van der Waals surface area contributed by atoms with Crippen molar-refractivity contribution in [3.63, 3.8) is 0 Å². The maximum atomic E-state index is 5.98. The van der Waals surface area contributed by atoms with E-state index in [2.05, 4.69) is 16.0 Å². The number of nitrogens with two attached hydrogens (primary N) is 1. The lowest BCUT2D eigenvalue weighted by molar-refractivity contribution is 0.417. The molecule has 0 aliphatic carbocycles. The van der Waals surface area contributed by atoms with E-state index >= 15 is 0 Å². The first kappa shape index (κ1) is 10.1. The first-order valence-electron chi connectivity index (χ1n) is 6.52. The van der Waals surface area contributed by atoms with Crippen molar-refractivity contribution in [2.75, 3.05) is 30.8 Å². The molecule has 1 aromatic carbocycles. The van der Waals surface area contributed by atoms with E-state index in [1.165, 1.54) is 42.7 Å². The molecule has 0 radical (unpaired) electrons. The van der Waals surface area contributed by atoms with E-state index in [0.717, 1.165) is 11.3 Å². The third-order valence-corrected chi connectivity index (χ3v) is 4.39. The average molecular weight is 243 g/mol. The minimum atomic E-state index is 0.700. The fourth-order valence-electron chi connectivity index (χ4n) is 3.48. The van der Waals surface area contributed by atoms with E-state index in [9.17, 15) is 0 Å². The van der Waals surface area contributed by atoms with Gasteiger partial charge in [-0.1, -0.05) is 0 Å². The normalized spacial score (nSPS) is 18.4. The molecule has 1 aromatic heterocycles. The van der Waals surface area contributed by atoms with Crippen molar-refractivity contribution in [1.82, 2.24) is 4.98 Å². The van der Waals surface area contributed by atoms with Crippen LogP contribution in [-0.4, -0.2) is 25.2 Å². The van der Waals surface area contributed by atoms with E-state index in [1.54, 1.807) is 7.11 Å². The largest absolute Gasteiger partial charge is 0.495 e. The number of aromatic amines is 1. The van der Waals surface area contributed by atoms with Gasteiger partial charge in [-0.3, -0.25) is 0 Å². The Labute approximate surface area is 106 Å². The minimum absolute atomic E-state index is 0.700. The summed E-state index contributed by atoms with van der Waals surface area (Å²) in [6.07, 6.45) is 2.54. The minimum Gasteiger partial charge on any atom is -0.495 e. The van der Waals surface area contributed by atoms with Crippen LogP contribution in [0.2, 0.25) is 0 Å². The van der Waals surface area contributed by atoms with E-state index in [0.29, 0.717) is 11.6 Å². The summed E-state index contributed by atoms with van der Waals surface area (Å²) in [6, 6.07) is 4.08. The molecular formula is C14H17N3O. The molecule has 0 atom stereocenters. The van der Waals surface area contributed by atoms with Crippen LogP contribution in [-0.2, 0) is 0 Å². The van der Waals surface area contributed by atoms with E-state index in [-0.39, 0.29) is 0 Å². The highest BCUT2D eigenvalue weighted by Gasteiger charge is 2.34. The third-order valence-electron chi connectivity index (χ3n) is 4.39. The Bertz CT molecular complexity index is 623. The second-order valence-electron chi connectivity index (χ2n) is 5.29. The van der Waals surface area contributed by atoms with Gasteiger partial charge in [0.05, 0.1) is 12.8 Å². The van der Waals surface area contributed by atoms with Gasteiger partial charge in [0.1, 0.15) is 11.6 Å². The number of nitrogens with one attached hydrogen (secondary N) is 1. The van der Waals surface area contributed by atoms with Crippen LogP contribution >= 0.6 is 0 Å². The SMILES string of the molecule is COc1cc2c3c([nH]c2cc1N)N1CCC3CC1. The van der Waals surface area contributed by atoms with Crippen LogP contribution in [0, 0.1) is 0 Å². The lowest BCUT2D eigenvalue weighted by Gasteiger charge is -2.40. The molecule has 3 aliphatic rings. The predicted octanol–water partition coefficient (Wildman–Crippen LogP) is 2.46. The Morgan fingerprint density at radius 1 is 1.33 bits per heavy atom. The molecule has 4 heteroatoms. The summed E-state index contributed by atoms with van der Waals surface area (Å²) in [5, 5.41) is 1.28. The number of piperidine rings is 1. The predicted molar refractivity (Wildman–Crippen MR) is 73.5 cm³/mol. The summed E-state index contributed by atoms with van der Waals surface area (Å²) < 4.78 is 5.34. The summed E-state index contributed by atoms with van der Waals surface area (Å²) >= 11 is 0. The number of nitrogens with zero attached hydrogens (tertiary/aromatic N) is 1. The van der Waals surface area contributed by atoms with Crippen molar-refractivity contribution in [2.45, 2.75) is 18.8 Å². The van der Waals surface area contributed by atoms with Gasteiger partial charge in [0.2, 0.25) is 0 Å². The molecular weight excluding hydrogens is 226 g/mol. The van der Waals surface area contributed by atoms with Gasteiger partial charge in [0, 0.05) is 29.6 Å². The molecule has 0 unspecified atom stereocenters. The van der Waals surface area contributed by atoms with Crippen molar-refractivity contribution in [2.24, 2.45) is 0 Å². The number of methoxy groups -OCH3 is 1. The maximum Gasteiger partial charge on any atom is 0.142 e. The van der Waals surface area contributed by atoms with Gasteiger partial charge in [-0.25, -0.2) is 0 Å². The van der Waals surface area contributed by atoms with Crippen molar-refractivity contribution >= 4 is 22.4 Å². The molecule has 2 bridgehead atoms. The van der Waals surface area contributed by atoms with Crippen molar-refractivity contribution in [3.05, 3.63) is 17.7 Å². The molecule has 94 valence electrons. The summed E-state index contributed by atoms with van der Waals surface area (Å²) in [5.74, 6) is 2.79. The highest BCUT2D eigenvalue weighted by molar-refractivity contribution is 5.94. The monoisotopic (exact) mass is 243 g/mol. The zero-order valence-electron chi connectivity index (χ0n) is 10.5. The first-order chi connectivity index (χ1) is 8.78. The zero-order valence-corrected chi connectivity index (χ0v) is 10.5. The molecule has 0 amide bonds. The fourth-order valence-corrected chi connectivity index (χ4v) is 3.48. The Kier molecular flexibility index (Phi) is 1.88. The Morgan fingerprint density at radius 2 is 2.11 bits per heavy atom. The van der Waals surface area contributed by atoms with Crippen LogP contribution in [0.5, 0.6) is 5.75 Å². The Hall–Kier alpha value is -1.84. The standard InChI is InChI=1S/C14H17N3O/c1-18-12-6-9-11(7-10(12)15)16-14-13(9)8-2-4-17(14)5-3-8/h6-8,16H,2-5,15H2,1H3. The van der Waals surface area contributed by atoms with Crippen LogP contribution in [0.25, 0.3) is 10.9 Å². The maximum absolute atomic E-state index is 5.98. The molecule has 1 saturated heterocycles. The number of aromatic nitrogens is 1. The number of hydrogen-bond acceptors (Lipinski definition) is 3. The lowest BCUT2D eigenvalue weighted by atomic mass is 9.84. The van der Waals surface area contributed by atoms with Gasteiger partial charge in [-0.05, 0) is 30.9 Å². The number of hydrogen-bond donors (Lipinski definition) is 2. The first-order valence-corrected chi connectivity index (χ1v) is 6.52. The van der Waals surface area contributed by atoms with Crippen LogP contribution in [0.3, 0.4) is 0 Å². The highest BCUT2D eigenvalue weighted by Crippen LogP contribution is 2.47. The van der Waals surface area contributed by atoms with Crippen LogP contribution in [0.15, 0.2) is 12.1 Å².